The molecule has 2 N–H and O–H groups in total. The molecule has 0 fully saturated rings. The number of amides is 1. The highest BCUT2D eigenvalue weighted by Gasteiger charge is 2.21. The molecule has 2 rings (SSSR count). The fraction of sp³-hybridized carbons (Fsp3) is 0.500. The van der Waals surface area contributed by atoms with Crippen LogP contribution in [-0.2, 0) is 16.0 Å². The van der Waals surface area contributed by atoms with Gasteiger partial charge in [-0.05, 0) is 17.5 Å². The Kier molecular flexibility index (Phi) is 5.71. The monoisotopic (exact) mass is 341 g/mol. The number of rotatable bonds is 6. The van der Waals surface area contributed by atoms with E-state index in [1.54, 1.807) is 12.1 Å². The third-order valence-electron chi connectivity index (χ3n) is 3.61. The van der Waals surface area contributed by atoms with E-state index < -0.39 is 12.0 Å². The van der Waals surface area contributed by atoms with Crippen LogP contribution >= 0.6 is 11.6 Å². The number of carbonyl (C=O) groups is 2. The molecule has 1 aliphatic heterocycles. The number of hydrogen-bond donors (Lipinski definition) is 2. The van der Waals surface area contributed by atoms with Crippen molar-refractivity contribution in [3.63, 3.8) is 0 Å². The van der Waals surface area contributed by atoms with Crippen LogP contribution in [-0.4, -0.2) is 36.2 Å². The second kappa shape index (κ2) is 7.55. The summed E-state index contributed by atoms with van der Waals surface area (Å²) in [4.78, 5) is 23.1. The quantitative estimate of drug-likeness (QED) is 0.829. The number of halogens is 1. The average Bonchev–Trinajstić information content (AvgIpc) is 2.46. The number of nitrogens with one attached hydrogen (secondary N) is 1. The van der Waals surface area contributed by atoms with Crippen molar-refractivity contribution in [3.8, 4) is 11.5 Å². The number of aliphatic carboxylic acids is 1. The molecule has 23 heavy (non-hydrogen) atoms. The molecule has 1 heterocycles. The highest BCUT2D eigenvalue weighted by atomic mass is 35.5. The van der Waals surface area contributed by atoms with Gasteiger partial charge in [0.25, 0.3) is 0 Å². The standard InChI is InChI=1S/C16H20ClNO5/c1-9(2)12(8-16(20)21)18-15(19)6-10-5-13-14(7-11(10)17)23-4-3-22-13/h5,7,9,12H,3-4,6,8H2,1-2H3,(H,18,19)(H,20,21)/t12-/m0/s1. The van der Waals surface area contributed by atoms with Crippen LogP contribution in [0.5, 0.6) is 11.5 Å². The minimum Gasteiger partial charge on any atom is -0.486 e. The second-order valence-electron chi connectivity index (χ2n) is 5.78. The molecule has 1 atom stereocenters. The molecule has 1 amide bonds. The van der Waals surface area contributed by atoms with E-state index in [4.69, 9.17) is 26.2 Å². The molecular weight excluding hydrogens is 322 g/mol. The normalized spacial score (nSPS) is 14.4. The van der Waals surface area contributed by atoms with E-state index in [1.165, 1.54) is 0 Å². The fourth-order valence-electron chi connectivity index (χ4n) is 2.31. The van der Waals surface area contributed by atoms with E-state index in [0.29, 0.717) is 35.3 Å². The van der Waals surface area contributed by atoms with Crippen molar-refractivity contribution in [2.24, 2.45) is 5.92 Å². The van der Waals surface area contributed by atoms with Gasteiger partial charge in [-0.25, -0.2) is 0 Å². The molecule has 0 saturated heterocycles. The van der Waals surface area contributed by atoms with Gasteiger partial charge in [-0.1, -0.05) is 25.4 Å². The molecule has 0 aliphatic carbocycles. The van der Waals surface area contributed by atoms with Gasteiger partial charge >= 0.3 is 5.97 Å². The Bertz CT molecular complexity index is 602. The van der Waals surface area contributed by atoms with Gasteiger partial charge in [-0.2, -0.15) is 0 Å². The van der Waals surface area contributed by atoms with Crippen molar-refractivity contribution >= 4 is 23.5 Å². The summed E-state index contributed by atoms with van der Waals surface area (Å²) in [5.74, 6) is -0.0681. The number of carboxylic acids is 1. The van der Waals surface area contributed by atoms with Crippen molar-refractivity contribution < 1.29 is 24.2 Å². The maximum atomic E-state index is 12.2. The minimum atomic E-state index is -0.943. The molecule has 0 unspecified atom stereocenters. The first-order valence-corrected chi connectivity index (χ1v) is 7.83. The molecule has 7 heteroatoms. The van der Waals surface area contributed by atoms with E-state index in [2.05, 4.69) is 5.32 Å². The first kappa shape index (κ1) is 17.4. The van der Waals surface area contributed by atoms with Gasteiger partial charge in [-0.3, -0.25) is 9.59 Å². The number of benzene rings is 1. The summed E-state index contributed by atoms with van der Waals surface area (Å²) in [5, 5.41) is 12.1. The smallest absolute Gasteiger partial charge is 0.305 e. The Morgan fingerprint density at radius 2 is 1.87 bits per heavy atom. The summed E-state index contributed by atoms with van der Waals surface area (Å²) >= 11 is 6.18. The lowest BCUT2D eigenvalue weighted by Gasteiger charge is -2.22. The molecule has 1 aliphatic rings. The molecule has 126 valence electrons. The lowest BCUT2D eigenvalue weighted by molar-refractivity contribution is -0.138. The highest BCUT2D eigenvalue weighted by Crippen LogP contribution is 2.35. The van der Waals surface area contributed by atoms with E-state index >= 15 is 0 Å². The Morgan fingerprint density at radius 1 is 1.26 bits per heavy atom. The van der Waals surface area contributed by atoms with Crippen LogP contribution in [0.15, 0.2) is 12.1 Å². The molecule has 0 saturated carbocycles. The summed E-state index contributed by atoms with van der Waals surface area (Å²) in [6.45, 7) is 4.65. The molecule has 1 aromatic rings. The number of carboxylic acid groups (broad SMARTS) is 1. The zero-order chi connectivity index (χ0) is 17.0. The fourth-order valence-corrected chi connectivity index (χ4v) is 2.53. The third kappa shape index (κ3) is 4.76. The molecule has 1 aromatic carbocycles. The predicted octanol–water partition coefficient (Wildman–Crippen LogP) is 2.27. The number of hydrogen-bond acceptors (Lipinski definition) is 4. The molecule has 6 nitrogen and oxygen atoms in total. The topological polar surface area (TPSA) is 84.9 Å². The molecule has 0 spiro atoms. The Hall–Kier alpha value is -1.95. The molecule has 0 aromatic heterocycles. The summed E-state index contributed by atoms with van der Waals surface area (Å²) in [5.41, 5.74) is 0.617. The zero-order valence-electron chi connectivity index (χ0n) is 13.1. The van der Waals surface area contributed by atoms with Crippen LogP contribution < -0.4 is 14.8 Å². The maximum absolute atomic E-state index is 12.2. The lowest BCUT2D eigenvalue weighted by atomic mass is 10.0. The summed E-state index contributed by atoms with van der Waals surface area (Å²) in [7, 11) is 0. The van der Waals surface area contributed by atoms with Gasteiger partial charge in [0, 0.05) is 17.1 Å². The molecular formula is C16H20ClNO5. The van der Waals surface area contributed by atoms with Crippen molar-refractivity contribution in [3.05, 3.63) is 22.7 Å². The van der Waals surface area contributed by atoms with Crippen molar-refractivity contribution in [2.75, 3.05) is 13.2 Å². The van der Waals surface area contributed by atoms with E-state index in [-0.39, 0.29) is 24.7 Å². The van der Waals surface area contributed by atoms with Crippen LogP contribution in [0.25, 0.3) is 0 Å². The summed E-state index contributed by atoms with van der Waals surface area (Å²) in [6.07, 6.45) is -0.0589. The largest absolute Gasteiger partial charge is 0.486 e. The molecule has 0 bridgehead atoms. The maximum Gasteiger partial charge on any atom is 0.305 e. The van der Waals surface area contributed by atoms with E-state index in [9.17, 15) is 9.59 Å². The second-order valence-corrected chi connectivity index (χ2v) is 6.19. The Balaban J connectivity index is 2.06. The number of fused-ring (bicyclic) bond motifs is 1. The van der Waals surface area contributed by atoms with Crippen LogP contribution in [0.2, 0.25) is 5.02 Å². The number of ether oxygens (including phenoxy) is 2. The molecule has 0 radical (unpaired) electrons. The van der Waals surface area contributed by atoms with Crippen LogP contribution in [0.4, 0.5) is 0 Å². The Morgan fingerprint density at radius 3 is 2.43 bits per heavy atom. The van der Waals surface area contributed by atoms with Gasteiger partial charge in [0.1, 0.15) is 13.2 Å². The zero-order valence-corrected chi connectivity index (χ0v) is 13.9. The van der Waals surface area contributed by atoms with E-state index in [1.807, 2.05) is 13.8 Å². The van der Waals surface area contributed by atoms with Crippen LogP contribution in [0.1, 0.15) is 25.8 Å². The van der Waals surface area contributed by atoms with Gasteiger partial charge in [-0.15, -0.1) is 0 Å². The third-order valence-corrected chi connectivity index (χ3v) is 3.96. The van der Waals surface area contributed by atoms with Crippen LogP contribution in [0, 0.1) is 5.92 Å². The SMILES string of the molecule is CC(C)[C@H](CC(=O)O)NC(=O)Cc1cc2c(cc1Cl)OCCO2. The lowest BCUT2D eigenvalue weighted by Crippen LogP contribution is -2.40. The Labute approximate surface area is 139 Å². The van der Waals surface area contributed by atoms with Crippen molar-refractivity contribution in [1.82, 2.24) is 5.32 Å². The first-order valence-electron chi connectivity index (χ1n) is 7.46. The first-order chi connectivity index (χ1) is 10.9. The highest BCUT2D eigenvalue weighted by molar-refractivity contribution is 6.31. The van der Waals surface area contributed by atoms with Gasteiger partial charge in [0.2, 0.25) is 5.91 Å². The summed E-state index contributed by atoms with van der Waals surface area (Å²) in [6, 6.07) is 2.91. The average molecular weight is 342 g/mol. The van der Waals surface area contributed by atoms with Gasteiger partial charge in [0.15, 0.2) is 11.5 Å². The van der Waals surface area contributed by atoms with E-state index in [0.717, 1.165) is 0 Å². The van der Waals surface area contributed by atoms with Crippen LogP contribution in [0.3, 0.4) is 0 Å². The predicted molar refractivity (Wildman–Crippen MR) is 85.2 cm³/mol. The van der Waals surface area contributed by atoms with Crippen molar-refractivity contribution in [1.29, 1.82) is 0 Å². The van der Waals surface area contributed by atoms with Gasteiger partial charge in [0.05, 0.1) is 12.8 Å². The number of carbonyl (C=O) groups excluding carboxylic acids is 1. The minimum absolute atomic E-state index is 0.0192. The van der Waals surface area contributed by atoms with Crippen molar-refractivity contribution in [2.45, 2.75) is 32.7 Å². The van der Waals surface area contributed by atoms with Gasteiger partial charge < -0.3 is 19.9 Å². The summed E-state index contributed by atoms with van der Waals surface area (Å²) < 4.78 is 10.9.